The fourth-order valence-electron chi connectivity index (χ4n) is 1.10. The van der Waals surface area contributed by atoms with E-state index < -0.39 is 0 Å². The molecule has 4 heteroatoms. The Balaban J connectivity index is 0.00000169. The first-order valence-corrected chi connectivity index (χ1v) is 4.32. The molecule has 0 bridgehead atoms. The van der Waals surface area contributed by atoms with Gasteiger partial charge in [-0.1, -0.05) is 30.3 Å². The normalized spacial score (nSPS) is 9.36. The van der Waals surface area contributed by atoms with E-state index in [9.17, 15) is 4.79 Å². The molecule has 0 atom stereocenters. The lowest BCUT2D eigenvalue weighted by Gasteiger charge is -2.07. The van der Waals surface area contributed by atoms with Crippen LogP contribution in [0.3, 0.4) is 0 Å². The largest absolute Gasteiger partial charge is 1.00 e. The standard InChI is InChI=1S/C10H14N2O.ClH/c1-12(2)11-10(13)8-9-6-4-3-5-7-9;/h3-7H,8H2,1-2H3,(H,11,13);1H. The van der Waals surface area contributed by atoms with Crippen molar-refractivity contribution >= 4 is 5.91 Å². The van der Waals surface area contributed by atoms with Crippen molar-refractivity contribution in [3.05, 3.63) is 35.9 Å². The van der Waals surface area contributed by atoms with E-state index in [1.54, 1.807) is 0 Å². The zero-order chi connectivity index (χ0) is 9.68. The molecule has 0 heterocycles. The Morgan fingerprint density at radius 1 is 1.29 bits per heavy atom. The van der Waals surface area contributed by atoms with Crippen molar-refractivity contribution in [1.29, 1.82) is 0 Å². The van der Waals surface area contributed by atoms with Gasteiger partial charge in [0.05, 0.1) is 20.5 Å². The zero-order valence-electron chi connectivity index (χ0n) is 8.38. The second kappa shape index (κ2) is 6.40. The molecule has 0 saturated carbocycles. The van der Waals surface area contributed by atoms with Crippen LogP contribution in [0.25, 0.3) is 0 Å². The van der Waals surface area contributed by atoms with E-state index in [1.807, 2.05) is 44.4 Å². The number of hydrogen-bond acceptors (Lipinski definition) is 1. The van der Waals surface area contributed by atoms with Crippen LogP contribution in [0, 0.1) is 0 Å². The van der Waals surface area contributed by atoms with E-state index in [2.05, 4.69) is 5.43 Å². The number of carbonyl (C=O) groups is 1. The van der Waals surface area contributed by atoms with Crippen molar-refractivity contribution in [2.45, 2.75) is 6.42 Å². The van der Waals surface area contributed by atoms with E-state index >= 15 is 0 Å². The molecule has 1 aromatic carbocycles. The van der Waals surface area contributed by atoms with E-state index in [0.717, 1.165) is 10.6 Å². The predicted molar refractivity (Wildman–Crippen MR) is 51.1 cm³/mol. The Kier molecular flexibility index (Phi) is 5.92. The second-order valence-corrected chi connectivity index (χ2v) is 3.21. The Hall–Kier alpha value is -1.06. The Morgan fingerprint density at radius 3 is 2.36 bits per heavy atom. The fourth-order valence-corrected chi connectivity index (χ4v) is 1.10. The van der Waals surface area contributed by atoms with Gasteiger partial charge in [-0.15, -0.1) is 0 Å². The maximum Gasteiger partial charge on any atom is 0.269 e. The van der Waals surface area contributed by atoms with Gasteiger partial charge in [-0.25, -0.2) is 10.4 Å². The number of halogens is 1. The number of benzene rings is 1. The first-order chi connectivity index (χ1) is 6.18. The van der Waals surface area contributed by atoms with Crippen LogP contribution >= 0.6 is 0 Å². The maximum atomic E-state index is 11.3. The minimum atomic E-state index is 0. The number of nitrogens with one attached hydrogen (secondary N) is 2. The highest BCUT2D eigenvalue weighted by Gasteiger charge is 2.04. The van der Waals surface area contributed by atoms with Crippen molar-refractivity contribution in [2.24, 2.45) is 0 Å². The molecular formula is C10H15ClN2O. The van der Waals surface area contributed by atoms with Crippen LogP contribution in [0.2, 0.25) is 0 Å². The lowest BCUT2D eigenvalue weighted by molar-refractivity contribution is -0.896. The first kappa shape index (κ1) is 12.9. The highest BCUT2D eigenvalue weighted by atomic mass is 35.5. The van der Waals surface area contributed by atoms with Gasteiger partial charge in [0.1, 0.15) is 0 Å². The second-order valence-electron chi connectivity index (χ2n) is 3.21. The van der Waals surface area contributed by atoms with Gasteiger partial charge in [0.2, 0.25) is 0 Å². The lowest BCUT2D eigenvalue weighted by Crippen LogP contribution is -3.13. The van der Waals surface area contributed by atoms with Gasteiger partial charge < -0.3 is 12.4 Å². The Labute approximate surface area is 90.5 Å². The first-order valence-electron chi connectivity index (χ1n) is 4.32. The summed E-state index contributed by atoms with van der Waals surface area (Å²) in [6.45, 7) is 0. The van der Waals surface area contributed by atoms with Crippen LogP contribution in [0.4, 0.5) is 0 Å². The molecule has 0 aliphatic rings. The topological polar surface area (TPSA) is 33.5 Å². The van der Waals surface area contributed by atoms with Crippen LogP contribution in [0.15, 0.2) is 30.3 Å². The van der Waals surface area contributed by atoms with Gasteiger partial charge >= 0.3 is 0 Å². The summed E-state index contributed by atoms with van der Waals surface area (Å²) in [5.41, 5.74) is 3.81. The molecule has 14 heavy (non-hydrogen) atoms. The van der Waals surface area contributed by atoms with Gasteiger partial charge in [-0.05, 0) is 5.56 Å². The van der Waals surface area contributed by atoms with E-state index in [0.29, 0.717) is 6.42 Å². The van der Waals surface area contributed by atoms with Crippen LogP contribution in [0.1, 0.15) is 5.56 Å². The Bertz CT molecular complexity index is 275. The molecule has 1 amide bonds. The van der Waals surface area contributed by atoms with Crippen molar-refractivity contribution in [2.75, 3.05) is 14.1 Å². The summed E-state index contributed by atoms with van der Waals surface area (Å²) in [6, 6.07) is 9.71. The molecule has 0 aliphatic carbocycles. The molecule has 0 spiro atoms. The third-order valence-electron chi connectivity index (χ3n) is 1.60. The summed E-state index contributed by atoms with van der Waals surface area (Å²) >= 11 is 0. The number of carbonyl (C=O) groups excluding carboxylic acids is 1. The van der Waals surface area contributed by atoms with Crippen molar-refractivity contribution in [1.82, 2.24) is 5.43 Å². The average molecular weight is 215 g/mol. The minimum absolute atomic E-state index is 0. The molecule has 0 unspecified atom stereocenters. The number of amides is 1. The molecule has 1 aromatic rings. The van der Waals surface area contributed by atoms with Gasteiger partial charge in [0.25, 0.3) is 5.91 Å². The molecule has 3 nitrogen and oxygen atoms in total. The quantitative estimate of drug-likeness (QED) is 0.502. The average Bonchev–Trinajstić information content (AvgIpc) is 2.04. The molecule has 0 saturated heterocycles. The maximum absolute atomic E-state index is 11.3. The monoisotopic (exact) mass is 214 g/mol. The molecule has 78 valence electrons. The summed E-state index contributed by atoms with van der Waals surface area (Å²) in [7, 11) is 3.76. The SMILES string of the molecule is C[NH+](C)NC(=O)Cc1ccccc1.[Cl-]. The van der Waals surface area contributed by atoms with Crippen molar-refractivity contribution < 1.29 is 22.2 Å². The molecule has 0 aromatic heterocycles. The highest BCUT2D eigenvalue weighted by Crippen LogP contribution is 1.98. The zero-order valence-corrected chi connectivity index (χ0v) is 9.14. The lowest BCUT2D eigenvalue weighted by atomic mass is 10.1. The molecule has 0 fully saturated rings. The summed E-state index contributed by atoms with van der Waals surface area (Å²) in [6.07, 6.45) is 0.450. The van der Waals surface area contributed by atoms with Crippen LogP contribution < -0.4 is 22.8 Å². The Morgan fingerprint density at radius 2 is 1.86 bits per heavy atom. The van der Waals surface area contributed by atoms with E-state index in [1.165, 1.54) is 0 Å². The fraction of sp³-hybridized carbons (Fsp3) is 0.300. The van der Waals surface area contributed by atoms with Gasteiger partial charge in [0.15, 0.2) is 0 Å². The highest BCUT2D eigenvalue weighted by molar-refractivity contribution is 5.77. The van der Waals surface area contributed by atoms with Gasteiger partial charge in [0, 0.05) is 0 Å². The summed E-state index contributed by atoms with van der Waals surface area (Å²) in [4.78, 5) is 11.3. The van der Waals surface area contributed by atoms with E-state index in [-0.39, 0.29) is 18.3 Å². The predicted octanol–water partition coefficient (Wildman–Crippen LogP) is -3.59. The summed E-state index contributed by atoms with van der Waals surface area (Å²) in [5.74, 6) is 0.0474. The third kappa shape index (κ3) is 4.84. The van der Waals surface area contributed by atoms with Gasteiger partial charge in [-0.2, -0.15) is 0 Å². The van der Waals surface area contributed by atoms with Crippen molar-refractivity contribution in [3.8, 4) is 0 Å². The third-order valence-corrected chi connectivity index (χ3v) is 1.60. The molecule has 1 rings (SSSR count). The van der Waals surface area contributed by atoms with Crippen LogP contribution in [-0.4, -0.2) is 20.0 Å². The smallest absolute Gasteiger partial charge is 0.269 e. The van der Waals surface area contributed by atoms with Crippen LogP contribution in [0.5, 0.6) is 0 Å². The van der Waals surface area contributed by atoms with E-state index in [4.69, 9.17) is 0 Å². The minimum Gasteiger partial charge on any atom is -1.00 e. The number of quaternary nitrogens is 1. The molecule has 2 N–H and O–H groups in total. The molecular weight excluding hydrogens is 200 g/mol. The summed E-state index contributed by atoms with van der Waals surface area (Å²) in [5, 5.41) is 0.931. The van der Waals surface area contributed by atoms with Gasteiger partial charge in [-0.3, -0.25) is 4.79 Å². The van der Waals surface area contributed by atoms with Crippen LogP contribution in [-0.2, 0) is 11.2 Å². The summed E-state index contributed by atoms with van der Waals surface area (Å²) < 4.78 is 0. The number of hydrogen-bond donors (Lipinski definition) is 2. The number of rotatable bonds is 3. The molecule has 0 aliphatic heterocycles. The van der Waals surface area contributed by atoms with Crippen molar-refractivity contribution in [3.63, 3.8) is 0 Å². The molecule has 0 radical (unpaired) electrons.